The molecular formula is C14H15FN2O. The van der Waals surface area contributed by atoms with Gasteiger partial charge in [0.05, 0.1) is 6.61 Å². The maximum atomic E-state index is 13.5. The highest BCUT2D eigenvalue weighted by Gasteiger charge is 2.08. The average Bonchev–Trinajstić information content (AvgIpc) is 2.41. The molecule has 0 unspecified atom stereocenters. The summed E-state index contributed by atoms with van der Waals surface area (Å²) in [4.78, 5) is 8.53. The van der Waals surface area contributed by atoms with E-state index in [9.17, 15) is 4.39 Å². The van der Waals surface area contributed by atoms with Crippen LogP contribution < -0.4 is 0 Å². The minimum atomic E-state index is -0.264. The van der Waals surface area contributed by atoms with E-state index in [4.69, 9.17) is 5.11 Å². The van der Waals surface area contributed by atoms with E-state index in [1.165, 1.54) is 6.07 Å². The number of nitrogens with zero attached hydrogens (tertiary/aromatic N) is 2. The molecule has 0 aliphatic carbocycles. The largest absolute Gasteiger partial charge is 0.392 e. The van der Waals surface area contributed by atoms with Crippen molar-refractivity contribution in [2.45, 2.75) is 26.9 Å². The number of hydrogen-bond donors (Lipinski definition) is 1. The van der Waals surface area contributed by atoms with Gasteiger partial charge in [0.2, 0.25) is 0 Å². The summed E-state index contributed by atoms with van der Waals surface area (Å²) in [7, 11) is 0. The van der Waals surface area contributed by atoms with Crippen molar-refractivity contribution in [3.8, 4) is 11.4 Å². The lowest BCUT2D eigenvalue weighted by molar-refractivity contribution is 0.279. The molecule has 0 aliphatic rings. The molecular weight excluding hydrogens is 231 g/mol. The van der Waals surface area contributed by atoms with Gasteiger partial charge in [-0.2, -0.15) is 0 Å². The van der Waals surface area contributed by atoms with Crippen LogP contribution >= 0.6 is 0 Å². The van der Waals surface area contributed by atoms with Crippen molar-refractivity contribution in [2.24, 2.45) is 0 Å². The molecule has 2 rings (SSSR count). The molecule has 2 aromatic rings. The standard InChI is InChI=1S/C14H15FN2O/c1-3-13-11(8-18)7-16-14(17-13)10-5-4-9(2)12(15)6-10/h4-7,18H,3,8H2,1-2H3. The van der Waals surface area contributed by atoms with Crippen molar-refractivity contribution in [3.63, 3.8) is 0 Å². The van der Waals surface area contributed by atoms with Gasteiger partial charge >= 0.3 is 0 Å². The minimum Gasteiger partial charge on any atom is -0.392 e. The van der Waals surface area contributed by atoms with Crippen LogP contribution in [0.5, 0.6) is 0 Å². The van der Waals surface area contributed by atoms with Crippen LogP contribution in [-0.2, 0) is 13.0 Å². The highest BCUT2D eigenvalue weighted by molar-refractivity contribution is 5.56. The third-order valence-electron chi connectivity index (χ3n) is 2.89. The zero-order chi connectivity index (χ0) is 13.1. The summed E-state index contributed by atoms with van der Waals surface area (Å²) in [5, 5.41) is 9.15. The van der Waals surface area contributed by atoms with Crippen LogP contribution in [0.15, 0.2) is 24.4 Å². The summed E-state index contributed by atoms with van der Waals surface area (Å²) < 4.78 is 13.5. The fraction of sp³-hybridized carbons (Fsp3) is 0.286. The van der Waals surface area contributed by atoms with Crippen LogP contribution in [0.3, 0.4) is 0 Å². The van der Waals surface area contributed by atoms with Crippen molar-refractivity contribution in [2.75, 3.05) is 0 Å². The summed E-state index contributed by atoms with van der Waals surface area (Å²) in [6.07, 6.45) is 2.30. The number of aliphatic hydroxyl groups excluding tert-OH is 1. The first-order valence-corrected chi connectivity index (χ1v) is 5.88. The third kappa shape index (κ3) is 2.38. The molecule has 0 bridgehead atoms. The van der Waals surface area contributed by atoms with Crippen molar-refractivity contribution in [3.05, 3.63) is 47.0 Å². The van der Waals surface area contributed by atoms with E-state index in [-0.39, 0.29) is 12.4 Å². The van der Waals surface area contributed by atoms with Crippen LogP contribution in [0.4, 0.5) is 4.39 Å². The van der Waals surface area contributed by atoms with Gasteiger partial charge < -0.3 is 5.11 Å². The van der Waals surface area contributed by atoms with Crippen LogP contribution in [0.25, 0.3) is 11.4 Å². The average molecular weight is 246 g/mol. The van der Waals surface area contributed by atoms with Gasteiger partial charge in [0.1, 0.15) is 5.82 Å². The van der Waals surface area contributed by atoms with E-state index >= 15 is 0 Å². The molecule has 0 aliphatic heterocycles. The van der Waals surface area contributed by atoms with Gasteiger partial charge in [0.15, 0.2) is 5.82 Å². The summed E-state index contributed by atoms with van der Waals surface area (Å²) in [6, 6.07) is 4.94. The number of hydrogen-bond acceptors (Lipinski definition) is 3. The number of aliphatic hydroxyl groups is 1. The van der Waals surface area contributed by atoms with E-state index in [1.54, 1.807) is 25.3 Å². The topological polar surface area (TPSA) is 46.0 Å². The van der Waals surface area contributed by atoms with Gasteiger partial charge in [0.25, 0.3) is 0 Å². The smallest absolute Gasteiger partial charge is 0.159 e. The van der Waals surface area contributed by atoms with Crippen molar-refractivity contribution < 1.29 is 9.50 Å². The molecule has 1 heterocycles. The summed E-state index contributed by atoms with van der Waals surface area (Å²) in [6.45, 7) is 3.60. The Morgan fingerprint density at radius 1 is 1.33 bits per heavy atom. The van der Waals surface area contributed by atoms with Crippen molar-refractivity contribution >= 4 is 0 Å². The summed E-state index contributed by atoms with van der Waals surface area (Å²) in [5.74, 6) is 0.225. The molecule has 1 aromatic heterocycles. The monoisotopic (exact) mass is 246 g/mol. The molecule has 94 valence electrons. The van der Waals surface area contributed by atoms with E-state index in [1.807, 2.05) is 6.92 Å². The van der Waals surface area contributed by atoms with Gasteiger partial charge in [0, 0.05) is 23.0 Å². The molecule has 4 heteroatoms. The number of rotatable bonds is 3. The van der Waals surface area contributed by atoms with Gasteiger partial charge in [-0.05, 0) is 25.0 Å². The first kappa shape index (κ1) is 12.6. The molecule has 0 amide bonds. The Hall–Kier alpha value is -1.81. The second kappa shape index (κ2) is 5.23. The predicted molar refractivity (Wildman–Crippen MR) is 67.5 cm³/mol. The molecule has 0 radical (unpaired) electrons. The van der Waals surface area contributed by atoms with Gasteiger partial charge in [-0.15, -0.1) is 0 Å². The third-order valence-corrected chi connectivity index (χ3v) is 2.89. The SMILES string of the molecule is CCc1nc(-c2ccc(C)c(F)c2)ncc1CO. The van der Waals surface area contributed by atoms with Crippen LogP contribution in [0, 0.1) is 12.7 Å². The quantitative estimate of drug-likeness (QED) is 0.905. The Kier molecular flexibility index (Phi) is 3.67. The van der Waals surface area contributed by atoms with Crippen LogP contribution in [-0.4, -0.2) is 15.1 Å². The predicted octanol–water partition coefficient (Wildman–Crippen LogP) is 2.65. The molecule has 0 atom stereocenters. The molecule has 0 saturated carbocycles. The maximum Gasteiger partial charge on any atom is 0.159 e. The lowest BCUT2D eigenvalue weighted by Gasteiger charge is -2.07. The van der Waals surface area contributed by atoms with Crippen LogP contribution in [0.2, 0.25) is 0 Å². The Bertz CT molecular complexity index is 570. The second-order valence-corrected chi connectivity index (χ2v) is 4.14. The number of aryl methyl sites for hydroxylation is 2. The zero-order valence-corrected chi connectivity index (χ0v) is 10.4. The molecule has 0 fully saturated rings. The van der Waals surface area contributed by atoms with E-state index < -0.39 is 0 Å². The van der Waals surface area contributed by atoms with Crippen LogP contribution in [0.1, 0.15) is 23.7 Å². The number of benzene rings is 1. The van der Waals surface area contributed by atoms with Gasteiger partial charge in [-0.1, -0.05) is 19.1 Å². The molecule has 18 heavy (non-hydrogen) atoms. The highest BCUT2D eigenvalue weighted by Crippen LogP contribution is 2.19. The summed E-state index contributed by atoms with van der Waals surface area (Å²) >= 11 is 0. The van der Waals surface area contributed by atoms with E-state index in [0.717, 1.165) is 5.69 Å². The summed E-state index contributed by atoms with van der Waals surface area (Å²) in [5.41, 5.74) is 2.76. The lowest BCUT2D eigenvalue weighted by atomic mass is 10.1. The Labute approximate surface area is 105 Å². The van der Waals surface area contributed by atoms with Crippen molar-refractivity contribution in [1.82, 2.24) is 9.97 Å². The number of halogens is 1. The molecule has 1 aromatic carbocycles. The molecule has 0 saturated heterocycles. The lowest BCUT2D eigenvalue weighted by Crippen LogP contribution is -2.01. The zero-order valence-electron chi connectivity index (χ0n) is 10.4. The van der Waals surface area contributed by atoms with Gasteiger partial charge in [-0.25, -0.2) is 14.4 Å². The van der Waals surface area contributed by atoms with Crippen molar-refractivity contribution in [1.29, 1.82) is 0 Å². The van der Waals surface area contributed by atoms with Gasteiger partial charge in [-0.3, -0.25) is 0 Å². The fourth-order valence-corrected chi connectivity index (χ4v) is 1.75. The first-order valence-electron chi connectivity index (χ1n) is 5.88. The Balaban J connectivity index is 2.47. The van der Waals surface area contributed by atoms with E-state index in [0.29, 0.717) is 28.9 Å². The Morgan fingerprint density at radius 2 is 2.11 bits per heavy atom. The normalized spacial score (nSPS) is 10.7. The molecule has 0 spiro atoms. The van der Waals surface area contributed by atoms with E-state index in [2.05, 4.69) is 9.97 Å². The first-order chi connectivity index (χ1) is 8.65. The fourth-order valence-electron chi connectivity index (χ4n) is 1.75. The second-order valence-electron chi connectivity index (χ2n) is 4.14. The Morgan fingerprint density at radius 3 is 2.72 bits per heavy atom. The maximum absolute atomic E-state index is 13.5. The minimum absolute atomic E-state index is 0.0777. The molecule has 1 N–H and O–H groups in total. The number of aromatic nitrogens is 2. The molecule has 3 nitrogen and oxygen atoms in total. The highest BCUT2D eigenvalue weighted by atomic mass is 19.1.